The number of nitrogens with one attached hydrogen (secondary N) is 1. The summed E-state index contributed by atoms with van der Waals surface area (Å²) < 4.78 is 0. The molecule has 1 heterocycles. The fourth-order valence-electron chi connectivity index (χ4n) is 1.38. The number of urea groups is 1. The van der Waals surface area contributed by atoms with Crippen molar-refractivity contribution in [2.45, 2.75) is 18.9 Å². The van der Waals surface area contributed by atoms with Gasteiger partial charge in [0.1, 0.15) is 0 Å². The molecule has 0 spiro atoms. The van der Waals surface area contributed by atoms with Crippen LogP contribution < -0.4 is 5.32 Å². The number of carbonyl (C=O) groups excluding carboxylic acids is 1. The van der Waals surface area contributed by atoms with Gasteiger partial charge in [0.15, 0.2) is 6.10 Å². The second kappa shape index (κ2) is 6.12. The number of amides is 2. The highest BCUT2D eigenvalue weighted by Crippen LogP contribution is 2.01. The normalized spacial score (nSPS) is 16.9. The van der Waals surface area contributed by atoms with Crippen LogP contribution >= 0.6 is 0 Å². The number of aliphatic hydroxyl groups excluding tert-OH is 1. The predicted octanol–water partition coefficient (Wildman–Crippen LogP) is -0.206. The molecule has 1 aliphatic rings. The first kappa shape index (κ1) is 12.5. The number of carboxylic acid groups (broad SMARTS) is 1. The van der Waals surface area contributed by atoms with Crippen molar-refractivity contribution in [3.63, 3.8) is 0 Å². The Morgan fingerprint density at radius 3 is 2.75 bits per heavy atom. The molecule has 0 radical (unpaired) electrons. The predicted molar refractivity (Wildman–Crippen MR) is 57.0 cm³/mol. The van der Waals surface area contributed by atoms with Crippen LogP contribution in [0.4, 0.5) is 4.79 Å². The van der Waals surface area contributed by atoms with Crippen LogP contribution in [0, 0.1) is 0 Å². The molecule has 1 atom stereocenters. The number of nitrogens with zero attached hydrogens (tertiary/aromatic N) is 1. The standard InChI is InChI=1S/C10H16N2O4/c13-8(9(14)15)4-5-11-10(16)12-6-2-1-3-7-12/h1-2,8,13H,3-7H2,(H,11,16)(H,14,15)/t8-/m0/s1. The first-order chi connectivity index (χ1) is 7.61. The molecule has 0 bridgehead atoms. The van der Waals surface area contributed by atoms with Crippen molar-refractivity contribution in [3.8, 4) is 0 Å². The molecule has 0 aromatic carbocycles. The average molecular weight is 228 g/mol. The Morgan fingerprint density at radius 1 is 1.44 bits per heavy atom. The first-order valence-electron chi connectivity index (χ1n) is 5.20. The minimum absolute atomic E-state index is 0.0186. The Kier molecular flexibility index (Phi) is 4.78. The fourth-order valence-corrected chi connectivity index (χ4v) is 1.38. The van der Waals surface area contributed by atoms with Crippen molar-refractivity contribution in [1.29, 1.82) is 0 Å². The zero-order valence-corrected chi connectivity index (χ0v) is 8.93. The van der Waals surface area contributed by atoms with E-state index in [1.807, 2.05) is 12.2 Å². The van der Waals surface area contributed by atoms with Gasteiger partial charge in [-0.05, 0) is 6.42 Å². The summed E-state index contributed by atoms with van der Waals surface area (Å²) in [5.41, 5.74) is 0. The van der Waals surface area contributed by atoms with Gasteiger partial charge in [-0.1, -0.05) is 12.2 Å². The van der Waals surface area contributed by atoms with E-state index >= 15 is 0 Å². The highest BCUT2D eigenvalue weighted by atomic mass is 16.4. The van der Waals surface area contributed by atoms with Gasteiger partial charge in [0, 0.05) is 26.1 Å². The summed E-state index contributed by atoms with van der Waals surface area (Å²) in [5, 5.41) is 20.0. The van der Waals surface area contributed by atoms with Crippen molar-refractivity contribution in [1.82, 2.24) is 10.2 Å². The summed E-state index contributed by atoms with van der Waals surface area (Å²) in [5.74, 6) is -1.27. The molecule has 1 aliphatic heterocycles. The molecule has 3 N–H and O–H groups in total. The van der Waals surface area contributed by atoms with Crippen molar-refractivity contribution in [2.75, 3.05) is 19.6 Å². The molecule has 16 heavy (non-hydrogen) atoms. The first-order valence-corrected chi connectivity index (χ1v) is 5.20. The maximum atomic E-state index is 11.5. The van der Waals surface area contributed by atoms with Gasteiger partial charge in [-0.3, -0.25) is 0 Å². The number of carbonyl (C=O) groups is 2. The zero-order valence-electron chi connectivity index (χ0n) is 8.93. The van der Waals surface area contributed by atoms with Gasteiger partial charge in [0.25, 0.3) is 0 Å². The summed E-state index contributed by atoms with van der Waals surface area (Å²) >= 11 is 0. The lowest BCUT2D eigenvalue weighted by molar-refractivity contribution is -0.146. The summed E-state index contributed by atoms with van der Waals surface area (Å²) in [6.07, 6.45) is 3.37. The zero-order chi connectivity index (χ0) is 12.0. The number of hydrogen-bond donors (Lipinski definition) is 3. The summed E-state index contributed by atoms with van der Waals surface area (Å²) in [7, 11) is 0. The summed E-state index contributed by atoms with van der Waals surface area (Å²) in [6.45, 7) is 1.41. The molecule has 1 rings (SSSR count). The smallest absolute Gasteiger partial charge is 0.332 e. The van der Waals surface area contributed by atoms with Crippen LogP contribution in [-0.4, -0.2) is 52.9 Å². The van der Waals surface area contributed by atoms with Crippen LogP contribution in [0.25, 0.3) is 0 Å². The van der Waals surface area contributed by atoms with E-state index in [1.165, 1.54) is 0 Å². The van der Waals surface area contributed by atoms with Gasteiger partial charge in [0.2, 0.25) is 0 Å². The molecule has 6 heteroatoms. The Morgan fingerprint density at radius 2 is 2.19 bits per heavy atom. The third-order valence-electron chi connectivity index (χ3n) is 2.32. The molecule has 6 nitrogen and oxygen atoms in total. The highest BCUT2D eigenvalue weighted by Gasteiger charge is 2.15. The van der Waals surface area contributed by atoms with Crippen molar-refractivity contribution < 1.29 is 19.8 Å². The average Bonchev–Trinajstić information content (AvgIpc) is 2.29. The Labute approximate surface area is 93.5 Å². The molecular weight excluding hydrogens is 212 g/mol. The van der Waals surface area contributed by atoms with Crippen LogP contribution in [0.3, 0.4) is 0 Å². The maximum Gasteiger partial charge on any atom is 0.332 e. The van der Waals surface area contributed by atoms with Gasteiger partial charge >= 0.3 is 12.0 Å². The third kappa shape index (κ3) is 3.90. The number of carboxylic acids is 1. The van der Waals surface area contributed by atoms with E-state index in [0.717, 1.165) is 6.42 Å². The molecule has 0 aliphatic carbocycles. The van der Waals surface area contributed by atoms with E-state index in [-0.39, 0.29) is 19.0 Å². The molecule has 0 unspecified atom stereocenters. The molecule has 0 aromatic rings. The van der Waals surface area contributed by atoms with Gasteiger partial charge in [0.05, 0.1) is 0 Å². The van der Waals surface area contributed by atoms with E-state index in [1.54, 1.807) is 4.90 Å². The van der Waals surface area contributed by atoms with E-state index in [2.05, 4.69) is 5.32 Å². The molecule has 2 amide bonds. The van der Waals surface area contributed by atoms with Gasteiger partial charge in [-0.2, -0.15) is 0 Å². The van der Waals surface area contributed by atoms with Crippen molar-refractivity contribution in [3.05, 3.63) is 12.2 Å². The van der Waals surface area contributed by atoms with E-state index < -0.39 is 12.1 Å². The van der Waals surface area contributed by atoms with Gasteiger partial charge in [-0.25, -0.2) is 9.59 Å². The Bertz CT molecular complexity index is 291. The monoisotopic (exact) mass is 228 g/mol. The number of aliphatic carboxylic acids is 1. The molecule has 0 aromatic heterocycles. The topological polar surface area (TPSA) is 89.9 Å². The van der Waals surface area contributed by atoms with Gasteiger partial charge in [-0.15, -0.1) is 0 Å². The largest absolute Gasteiger partial charge is 0.479 e. The second-order valence-electron chi connectivity index (χ2n) is 3.58. The lowest BCUT2D eigenvalue weighted by atomic mass is 10.2. The number of aliphatic hydroxyl groups is 1. The molecule has 0 fully saturated rings. The minimum Gasteiger partial charge on any atom is -0.479 e. The summed E-state index contributed by atoms with van der Waals surface area (Å²) in [4.78, 5) is 23.4. The highest BCUT2D eigenvalue weighted by molar-refractivity contribution is 5.75. The Balaban J connectivity index is 2.19. The van der Waals surface area contributed by atoms with Crippen LogP contribution in [0.5, 0.6) is 0 Å². The molecule has 0 saturated carbocycles. The lowest BCUT2D eigenvalue weighted by Gasteiger charge is -2.23. The quantitative estimate of drug-likeness (QED) is 0.581. The number of rotatable bonds is 4. The minimum atomic E-state index is -1.42. The van der Waals surface area contributed by atoms with E-state index in [4.69, 9.17) is 10.2 Å². The van der Waals surface area contributed by atoms with Crippen LogP contribution in [0.15, 0.2) is 12.2 Å². The van der Waals surface area contributed by atoms with Crippen LogP contribution in [-0.2, 0) is 4.79 Å². The van der Waals surface area contributed by atoms with E-state index in [9.17, 15) is 9.59 Å². The molecule has 0 saturated heterocycles. The summed E-state index contributed by atoms with van der Waals surface area (Å²) in [6, 6.07) is -0.220. The molecule has 90 valence electrons. The third-order valence-corrected chi connectivity index (χ3v) is 2.32. The van der Waals surface area contributed by atoms with Crippen molar-refractivity contribution in [2.24, 2.45) is 0 Å². The van der Waals surface area contributed by atoms with Crippen LogP contribution in [0.2, 0.25) is 0 Å². The molecular formula is C10H16N2O4. The van der Waals surface area contributed by atoms with Crippen LogP contribution in [0.1, 0.15) is 12.8 Å². The Hall–Kier alpha value is -1.56. The maximum absolute atomic E-state index is 11.5. The van der Waals surface area contributed by atoms with Crippen molar-refractivity contribution >= 4 is 12.0 Å². The SMILES string of the molecule is O=C(O)[C@@H](O)CCNC(=O)N1CC=CCC1. The lowest BCUT2D eigenvalue weighted by Crippen LogP contribution is -2.42. The second-order valence-corrected chi connectivity index (χ2v) is 3.58. The number of hydrogen-bond acceptors (Lipinski definition) is 3. The van der Waals surface area contributed by atoms with Gasteiger partial charge < -0.3 is 20.4 Å². The van der Waals surface area contributed by atoms with E-state index in [0.29, 0.717) is 13.1 Å². The fraction of sp³-hybridized carbons (Fsp3) is 0.600.